The molecule has 0 atom stereocenters. The van der Waals surface area contributed by atoms with Gasteiger partial charge in [-0.25, -0.2) is 0 Å². The summed E-state index contributed by atoms with van der Waals surface area (Å²) in [6.07, 6.45) is 0. The van der Waals surface area contributed by atoms with Crippen LogP contribution in [0.4, 0.5) is 0 Å². The maximum atomic E-state index is 2.17. The van der Waals surface area contributed by atoms with Gasteiger partial charge < -0.3 is 0 Å². The number of thiophene rings is 1. The van der Waals surface area contributed by atoms with Gasteiger partial charge in [-0.1, -0.05) is 43.7 Å². The number of hydrogen-bond acceptors (Lipinski definition) is 1. The standard InChI is InChI=1S/C11H10S.C2H6/c1-9-2-4-10(5-3-9)11-6-7-12-8-11;1-2/h2-8H,1H3;1-2H3. The lowest BCUT2D eigenvalue weighted by Crippen LogP contribution is -1.73. The predicted octanol–water partition coefficient (Wildman–Crippen LogP) is 4.75. The number of benzene rings is 1. The second-order valence-electron chi connectivity index (χ2n) is 2.88. The van der Waals surface area contributed by atoms with E-state index in [9.17, 15) is 0 Å². The first-order valence-electron chi connectivity index (χ1n) is 4.95. The van der Waals surface area contributed by atoms with Crippen molar-refractivity contribution in [1.29, 1.82) is 0 Å². The van der Waals surface area contributed by atoms with E-state index in [1.165, 1.54) is 16.7 Å². The van der Waals surface area contributed by atoms with E-state index < -0.39 is 0 Å². The highest BCUT2D eigenvalue weighted by atomic mass is 32.1. The molecule has 0 aliphatic rings. The molecule has 0 saturated heterocycles. The molecule has 0 fully saturated rings. The zero-order valence-electron chi connectivity index (χ0n) is 8.95. The molecular formula is C13H16S. The van der Waals surface area contributed by atoms with E-state index in [0.29, 0.717) is 0 Å². The second-order valence-corrected chi connectivity index (χ2v) is 3.66. The first-order chi connectivity index (χ1) is 6.86. The molecule has 0 aliphatic heterocycles. The van der Waals surface area contributed by atoms with Crippen LogP contribution in [0.3, 0.4) is 0 Å². The van der Waals surface area contributed by atoms with Crippen molar-refractivity contribution in [2.24, 2.45) is 0 Å². The van der Waals surface area contributed by atoms with Gasteiger partial charge in [0.15, 0.2) is 0 Å². The largest absolute Gasteiger partial charge is 0.152 e. The Balaban J connectivity index is 0.000000461. The monoisotopic (exact) mass is 204 g/mol. The third-order valence-corrected chi connectivity index (χ3v) is 2.59. The quantitative estimate of drug-likeness (QED) is 0.629. The van der Waals surface area contributed by atoms with E-state index in [1.807, 2.05) is 13.8 Å². The molecule has 0 bridgehead atoms. The van der Waals surface area contributed by atoms with Crippen molar-refractivity contribution in [3.8, 4) is 11.1 Å². The molecule has 2 rings (SSSR count). The Morgan fingerprint density at radius 3 is 2.00 bits per heavy atom. The van der Waals surface area contributed by atoms with Gasteiger partial charge in [0.05, 0.1) is 0 Å². The normalized spacial score (nSPS) is 9.07. The number of aryl methyl sites for hydroxylation is 1. The summed E-state index contributed by atoms with van der Waals surface area (Å²) >= 11 is 1.74. The molecule has 2 aromatic rings. The lowest BCUT2D eigenvalue weighted by molar-refractivity contribution is 1.47. The van der Waals surface area contributed by atoms with E-state index in [-0.39, 0.29) is 0 Å². The summed E-state index contributed by atoms with van der Waals surface area (Å²) in [4.78, 5) is 0. The molecule has 1 aromatic heterocycles. The van der Waals surface area contributed by atoms with Crippen molar-refractivity contribution in [3.05, 3.63) is 46.7 Å². The van der Waals surface area contributed by atoms with Gasteiger partial charge in [0.25, 0.3) is 0 Å². The van der Waals surface area contributed by atoms with Crippen LogP contribution in [0.2, 0.25) is 0 Å². The van der Waals surface area contributed by atoms with Crippen molar-refractivity contribution in [2.45, 2.75) is 20.8 Å². The molecular weight excluding hydrogens is 188 g/mol. The zero-order chi connectivity index (χ0) is 10.4. The van der Waals surface area contributed by atoms with Crippen LogP contribution in [0, 0.1) is 6.92 Å². The van der Waals surface area contributed by atoms with E-state index in [4.69, 9.17) is 0 Å². The maximum absolute atomic E-state index is 2.17. The molecule has 1 aromatic carbocycles. The molecule has 0 unspecified atom stereocenters. The highest BCUT2D eigenvalue weighted by Crippen LogP contribution is 2.21. The summed E-state index contributed by atoms with van der Waals surface area (Å²) in [5, 5.41) is 4.28. The van der Waals surface area contributed by atoms with Crippen molar-refractivity contribution in [3.63, 3.8) is 0 Å². The summed E-state index contributed by atoms with van der Waals surface area (Å²) < 4.78 is 0. The average molecular weight is 204 g/mol. The Labute approximate surface area is 90.2 Å². The molecule has 0 amide bonds. The van der Waals surface area contributed by atoms with Gasteiger partial charge in [-0.15, -0.1) is 0 Å². The SMILES string of the molecule is CC.Cc1ccc(-c2ccsc2)cc1. The molecule has 0 N–H and O–H groups in total. The van der Waals surface area contributed by atoms with Gasteiger partial charge in [0.1, 0.15) is 0 Å². The third-order valence-electron chi connectivity index (χ3n) is 1.91. The molecule has 14 heavy (non-hydrogen) atoms. The molecule has 0 spiro atoms. The Kier molecular flexibility index (Phi) is 4.41. The van der Waals surface area contributed by atoms with Crippen molar-refractivity contribution in [2.75, 3.05) is 0 Å². The van der Waals surface area contributed by atoms with Crippen LogP contribution in [-0.4, -0.2) is 0 Å². The Morgan fingerprint density at radius 1 is 0.857 bits per heavy atom. The fraction of sp³-hybridized carbons (Fsp3) is 0.231. The van der Waals surface area contributed by atoms with Crippen LogP contribution in [0.5, 0.6) is 0 Å². The van der Waals surface area contributed by atoms with E-state index >= 15 is 0 Å². The fourth-order valence-electron chi connectivity index (χ4n) is 1.17. The Bertz CT molecular complexity index is 343. The van der Waals surface area contributed by atoms with Crippen LogP contribution < -0.4 is 0 Å². The van der Waals surface area contributed by atoms with Gasteiger partial charge >= 0.3 is 0 Å². The average Bonchev–Trinajstić information content (AvgIpc) is 2.75. The van der Waals surface area contributed by atoms with Gasteiger partial charge in [0.2, 0.25) is 0 Å². The minimum absolute atomic E-state index is 1.31. The van der Waals surface area contributed by atoms with Crippen molar-refractivity contribution < 1.29 is 0 Å². The Hall–Kier alpha value is -1.08. The van der Waals surface area contributed by atoms with Crippen LogP contribution in [0.15, 0.2) is 41.1 Å². The molecule has 1 heteroatoms. The summed E-state index contributed by atoms with van der Waals surface area (Å²) in [5.41, 5.74) is 3.94. The topological polar surface area (TPSA) is 0 Å². The fourth-order valence-corrected chi connectivity index (χ4v) is 1.84. The zero-order valence-corrected chi connectivity index (χ0v) is 9.77. The van der Waals surface area contributed by atoms with Crippen LogP contribution in [0.25, 0.3) is 11.1 Å². The maximum Gasteiger partial charge on any atom is -0.00147 e. The first kappa shape index (κ1) is 11.0. The minimum atomic E-state index is 1.31. The number of rotatable bonds is 1. The molecule has 0 saturated carbocycles. The van der Waals surface area contributed by atoms with Crippen LogP contribution >= 0.6 is 11.3 Å². The number of hydrogen-bond donors (Lipinski definition) is 0. The van der Waals surface area contributed by atoms with E-state index in [2.05, 4.69) is 48.0 Å². The third kappa shape index (κ3) is 2.71. The van der Waals surface area contributed by atoms with Crippen LogP contribution in [0.1, 0.15) is 19.4 Å². The van der Waals surface area contributed by atoms with E-state index in [1.54, 1.807) is 11.3 Å². The molecule has 1 heterocycles. The Morgan fingerprint density at radius 2 is 1.50 bits per heavy atom. The molecule has 74 valence electrons. The molecule has 0 nitrogen and oxygen atoms in total. The first-order valence-corrected chi connectivity index (χ1v) is 5.90. The lowest BCUT2D eigenvalue weighted by atomic mass is 10.1. The van der Waals surface area contributed by atoms with Gasteiger partial charge in [0, 0.05) is 0 Å². The van der Waals surface area contributed by atoms with Crippen LogP contribution in [-0.2, 0) is 0 Å². The van der Waals surface area contributed by atoms with Crippen molar-refractivity contribution >= 4 is 11.3 Å². The summed E-state index contributed by atoms with van der Waals surface area (Å²) in [7, 11) is 0. The van der Waals surface area contributed by atoms with Gasteiger partial charge in [-0.2, -0.15) is 11.3 Å². The molecule has 0 radical (unpaired) electrons. The van der Waals surface area contributed by atoms with Gasteiger partial charge in [-0.05, 0) is 34.9 Å². The predicted molar refractivity (Wildman–Crippen MR) is 65.8 cm³/mol. The van der Waals surface area contributed by atoms with Gasteiger partial charge in [-0.3, -0.25) is 0 Å². The smallest absolute Gasteiger partial charge is 0.00147 e. The highest BCUT2D eigenvalue weighted by molar-refractivity contribution is 7.08. The second kappa shape index (κ2) is 5.61. The summed E-state index contributed by atoms with van der Waals surface area (Å²) in [6.45, 7) is 6.11. The van der Waals surface area contributed by atoms with Crippen molar-refractivity contribution in [1.82, 2.24) is 0 Å². The lowest BCUT2D eigenvalue weighted by Gasteiger charge is -1.97. The van der Waals surface area contributed by atoms with E-state index in [0.717, 1.165) is 0 Å². The highest BCUT2D eigenvalue weighted by Gasteiger charge is 1.95. The molecule has 0 aliphatic carbocycles. The summed E-state index contributed by atoms with van der Waals surface area (Å²) in [6, 6.07) is 10.8. The summed E-state index contributed by atoms with van der Waals surface area (Å²) in [5.74, 6) is 0. The minimum Gasteiger partial charge on any atom is -0.152 e.